The van der Waals surface area contributed by atoms with Gasteiger partial charge >= 0.3 is 0 Å². The molecule has 28 heavy (non-hydrogen) atoms. The van der Waals surface area contributed by atoms with Gasteiger partial charge < -0.3 is 10.1 Å². The predicted molar refractivity (Wildman–Crippen MR) is 118 cm³/mol. The highest BCUT2D eigenvalue weighted by Gasteiger charge is 2.14. The minimum Gasteiger partial charge on any atom is -0.381 e. The van der Waals surface area contributed by atoms with Crippen LogP contribution >= 0.6 is 0 Å². The Hall–Kier alpha value is -1.94. The van der Waals surface area contributed by atoms with Gasteiger partial charge in [0.05, 0.1) is 23.7 Å². The molecule has 0 saturated carbocycles. The molecule has 0 aliphatic carbocycles. The van der Waals surface area contributed by atoms with Crippen LogP contribution in [0.2, 0.25) is 0 Å². The molecule has 0 radical (unpaired) electrons. The Kier molecular flexibility index (Phi) is 10.6. The summed E-state index contributed by atoms with van der Waals surface area (Å²) in [4.78, 5) is 16.9. The largest absolute Gasteiger partial charge is 0.381 e. The number of amides is 1. The van der Waals surface area contributed by atoms with Gasteiger partial charge in [-0.15, -0.1) is 0 Å². The van der Waals surface area contributed by atoms with Crippen LogP contribution < -0.4 is 5.32 Å². The van der Waals surface area contributed by atoms with Gasteiger partial charge in [0.25, 0.3) is 0 Å². The molecule has 154 valence electrons. The summed E-state index contributed by atoms with van der Waals surface area (Å²) < 4.78 is 5.54. The Balaban J connectivity index is 1.67. The summed E-state index contributed by atoms with van der Waals surface area (Å²) in [6.07, 6.45) is 14.8. The second-order valence-corrected chi connectivity index (χ2v) is 7.61. The van der Waals surface area contributed by atoms with Gasteiger partial charge in [0, 0.05) is 18.7 Å². The SMILES string of the molecule is CCCCCCCCCCCC(CC(=O)Nc1cccc2cccnc12)OC. The van der Waals surface area contributed by atoms with Crippen LogP contribution in [0.5, 0.6) is 0 Å². The van der Waals surface area contributed by atoms with Gasteiger partial charge in [-0.25, -0.2) is 0 Å². The molecular formula is C24H36N2O2. The number of hydrogen-bond acceptors (Lipinski definition) is 3. The summed E-state index contributed by atoms with van der Waals surface area (Å²) in [5, 5.41) is 4.03. The number of fused-ring (bicyclic) bond motifs is 1. The van der Waals surface area contributed by atoms with Gasteiger partial charge in [0.1, 0.15) is 0 Å². The van der Waals surface area contributed by atoms with Gasteiger partial charge in [-0.3, -0.25) is 9.78 Å². The minimum absolute atomic E-state index is 0.0130. The van der Waals surface area contributed by atoms with E-state index in [9.17, 15) is 4.79 Å². The number of hydrogen-bond donors (Lipinski definition) is 1. The van der Waals surface area contributed by atoms with Crippen LogP contribution in [-0.4, -0.2) is 24.1 Å². The second kappa shape index (κ2) is 13.3. The Morgan fingerprint density at radius 1 is 1.00 bits per heavy atom. The molecule has 0 saturated heterocycles. The number of unbranched alkanes of at least 4 members (excludes halogenated alkanes) is 8. The zero-order valence-electron chi connectivity index (χ0n) is 17.6. The van der Waals surface area contributed by atoms with E-state index in [1.54, 1.807) is 13.3 Å². The van der Waals surface area contributed by atoms with Crippen molar-refractivity contribution in [3.63, 3.8) is 0 Å². The Bertz CT molecular complexity index is 697. The molecule has 0 fully saturated rings. The molecule has 0 bridgehead atoms. The molecule has 1 N–H and O–H groups in total. The third-order valence-corrected chi connectivity index (χ3v) is 5.28. The molecular weight excluding hydrogens is 348 g/mol. The van der Waals surface area contributed by atoms with E-state index in [1.165, 1.54) is 51.4 Å². The van der Waals surface area contributed by atoms with Crippen LogP contribution in [0.15, 0.2) is 36.5 Å². The minimum atomic E-state index is -0.0208. The lowest BCUT2D eigenvalue weighted by atomic mass is 10.0. The molecule has 1 amide bonds. The fourth-order valence-electron chi connectivity index (χ4n) is 3.60. The van der Waals surface area contributed by atoms with Crippen molar-refractivity contribution in [2.75, 3.05) is 12.4 Å². The van der Waals surface area contributed by atoms with E-state index in [0.717, 1.165) is 29.4 Å². The van der Waals surface area contributed by atoms with E-state index in [0.29, 0.717) is 6.42 Å². The number of benzene rings is 1. The first kappa shape index (κ1) is 22.4. The molecule has 0 aliphatic heterocycles. The molecule has 2 rings (SSSR count). The zero-order valence-corrected chi connectivity index (χ0v) is 17.6. The van der Waals surface area contributed by atoms with Crippen LogP contribution in [0.1, 0.15) is 77.6 Å². The summed E-state index contributed by atoms with van der Waals surface area (Å²) in [5.41, 5.74) is 1.59. The van der Waals surface area contributed by atoms with Crippen LogP contribution in [0.3, 0.4) is 0 Å². The first-order valence-corrected chi connectivity index (χ1v) is 10.9. The van der Waals surface area contributed by atoms with Crippen molar-refractivity contribution in [3.05, 3.63) is 36.5 Å². The summed E-state index contributed by atoms with van der Waals surface area (Å²) >= 11 is 0. The lowest BCUT2D eigenvalue weighted by Crippen LogP contribution is -2.21. The number of anilines is 1. The fraction of sp³-hybridized carbons (Fsp3) is 0.583. The molecule has 1 aromatic heterocycles. The average molecular weight is 385 g/mol. The van der Waals surface area contributed by atoms with Crippen molar-refractivity contribution in [2.24, 2.45) is 0 Å². The molecule has 2 aromatic rings. The van der Waals surface area contributed by atoms with Gasteiger partial charge in [0.2, 0.25) is 5.91 Å². The van der Waals surface area contributed by atoms with E-state index < -0.39 is 0 Å². The smallest absolute Gasteiger partial charge is 0.227 e. The number of rotatable bonds is 14. The summed E-state index contributed by atoms with van der Waals surface area (Å²) in [7, 11) is 1.70. The van der Waals surface area contributed by atoms with E-state index in [-0.39, 0.29) is 12.0 Å². The van der Waals surface area contributed by atoms with Crippen LogP contribution in [0, 0.1) is 0 Å². The van der Waals surface area contributed by atoms with Gasteiger partial charge in [-0.05, 0) is 18.6 Å². The van der Waals surface area contributed by atoms with Crippen molar-refractivity contribution < 1.29 is 9.53 Å². The van der Waals surface area contributed by atoms with E-state index in [2.05, 4.69) is 17.2 Å². The number of carbonyl (C=O) groups is 1. The summed E-state index contributed by atoms with van der Waals surface area (Å²) in [6.45, 7) is 2.26. The second-order valence-electron chi connectivity index (χ2n) is 7.61. The number of aromatic nitrogens is 1. The van der Waals surface area contributed by atoms with Crippen molar-refractivity contribution in [3.8, 4) is 0 Å². The van der Waals surface area contributed by atoms with E-state index in [1.807, 2.05) is 30.3 Å². The molecule has 4 nitrogen and oxygen atoms in total. The van der Waals surface area contributed by atoms with Crippen molar-refractivity contribution in [1.29, 1.82) is 0 Å². The summed E-state index contributed by atoms with van der Waals surface area (Å²) in [6, 6.07) is 9.74. The van der Waals surface area contributed by atoms with Crippen molar-refractivity contribution >= 4 is 22.5 Å². The molecule has 1 aromatic carbocycles. The average Bonchev–Trinajstić information content (AvgIpc) is 2.72. The highest BCUT2D eigenvalue weighted by molar-refractivity contribution is 6.00. The normalized spacial score (nSPS) is 12.2. The molecule has 0 aliphatic rings. The molecule has 1 unspecified atom stereocenters. The third-order valence-electron chi connectivity index (χ3n) is 5.28. The zero-order chi connectivity index (χ0) is 20.0. The molecule has 4 heteroatoms. The number of carbonyl (C=O) groups excluding carboxylic acids is 1. The number of nitrogens with zero attached hydrogens (tertiary/aromatic N) is 1. The molecule has 1 heterocycles. The fourth-order valence-corrected chi connectivity index (χ4v) is 3.60. The number of methoxy groups -OCH3 is 1. The van der Waals surface area contributed by atoms with Gasteiger partial charge in [0.15, 0.2) is 0 Å². The van der Waals surface area contributed by atoms with Crippen molar-refractivity contribution in [2.45, 2.75) is 83.7 Å². The first-order chi connectivity index (χ1) is 13.7. The van der Waals surface area contributed by atoms with Gasteiger partial charge in [-0.1, -0.05) is 82.9 Å². The van der Waals surface area contributed by atoms with E-state index >= 15 is 0 Å². The number of ether oxygens (including phenoxy) is 1. The maximum Gasteiger partial charge on any atom is 0.227 e. The van der Waals surface area contributed by atoms with Crippen molar-refractivity contribution in [1.82, 2.24) is 4.98 Å². The number of nitrogens with one attached hydrogen (secondary N) is 1. The van der Waals surface area contributed by atoms with Gasteiger partial charge in [-0.2, -0.15) is 0 Å². The lowest BCUT2D eigenvalue weighted by molar-refractivity contribution is -0.118. The Morgan fingerprint density at radius 3 is 2.39 bits per heavy atom. The first-order valence-electron chi connectivity index (χ1n) is 10.9. The molecule has 1 atom stereocenters. The van der Waals surface area contributed by atoms with E-state index in [4.69, 9.17) is 4.74 Å². The molecule has 0 spiro atoms. The Labute approximate surface area is 170 Å². The third kappa shape index (κ3) is 7.97. The number of pyridine rings is 1. The maximum atomic E-state index is 12.5. The highest BCUT2D eigenvalue weighted by Crippen LogP contribution is 2.21. The summed E-state index contributed by atoms with van der Waals surface area (Å²) in [5.74, 6) is -0.0130. The van der Waals surface area contributed by atoms with Crippen LogP contribution in [0.4, 0.5) is 5.69 Å². The monoisotopic (exact) mass is 384 g/mol. The topological polar surface area (TPSA) is 51.2 Å². The lowest BCUT2D eigenvalue weighted by Gasteiger charge is -2.15. The highest BCUT2D eigenvalue weighted by atomic mass is 16.5. The maximum absolute atomic E-state index is 12.5. The van der Waals surface area contributed by atoms with Crippen LogP contribution in [0.25, 0.3) is 10.9 Å². The van der Waals surface area contributed by atoms with Crippen LogP contribution in [-0.2, 0) is 9.53 Å². The predicted octanol–water partition coefficient (Wildman–Crippen LogP) is 6.50. The quantitative estimate of drug-likeness (QED) is 0.378. The standard InChI is InChI=1S/C24H36N2O2/c1-3-4-5-6-7-8-9-10-11-16-21(28-2)19-23(27)26-22-17-12-14-20-15-13-18-25-24(20)22/h12-15,17-18,21H,3-11,16,19H2,1-2H3,(H,26,27). The Morgan fingerprint density at radius 2 is 1.68 bits per heavy atom. The number of para-hydroxylation sites is 1.